The molecule has 3 aromatic rings. The largest absolute Gasteiger partial charge is 0.502 e. The van der Waals surface area contributed by atoms with Crippen molar-refractivity contribution in [3.8, 4) is 17.6 Å². The smallest absolute Gasteiger partial charge is 0.293 e. The van der Waals surface area contributed by atoms with E-state index in [9.17, 15) is 14.7 Å². The minimum atomic E-state index is -0.621. The van der Waals surface area contributed by atoms with Gasteiger partial charge in [0.2, 0.25) is 11.7 Å². The Kier molecular flexibility index (Phi) is 8.87. The van der Waals surface area contributed by atoms with Crippen LogP contribution in [0, 0.1) is 11.8 Å². The summed E-state index contributed by atoms with van der Waals surface area (Å²) < 4.78 is 5.41. The lowest BCUT2D eigenvalue weighted by molar-refractivity contribution is -0.116. The van der Waals surface area contributed by atoms with Crippen molar-refractivity contribution in [2.45, 2.75) is 18.9 Å². The summed E-state index contributed by atoms with van der Waals surface area (Å²) in [7, 11) is 0. The summed E-state index contributed by atoms with van der Waals surface area (Å²) >= 11 is 0. The molecular weight excluding hydrogens is 468 g/mol. The van der Waals surface area contributed by atoms with Gasteiger partial charge in [0, 0.05) is 43.2 Å². The van der Waals surface area contributed by atoms with Gasteiger partial charge >= 0.3 is 0 Å². The number of aromatic hydroxyl groups is 1. The maximum atomic E-state index is 11.9. The number of carbonyl (C=O) groups is 1. The summed E-state index contributed by atoms with van der Waals surface area (Å²) in [6, 6.07) is 16.1. The number of hydrogen-bond donors (Lipinski definition) is 3. The zero-order chi connectivity index (χ0) is 26.0. The van der Waals surface area contributed by atoms with E-state index in [1.165, 1.54) is 18.0 Å². The van der Waals surface area contributed by atoms with E-state index in [0.29, 0.717) is 6.42 Å². The minimum absolute atomic E-state index is 0.192. The maximum Gasteiger partial charge on any atom is 0.293 e. The second kappa shape index (κ2) is 12.7. The van der Waals surface area contributed by atoms with Crippen LogP contribution in [-0.4, -0.2) is 58.7 Å². The van der Waals surface area contributed by atoms with Gasteiger partial charge in [0.15, 0.2) is 0 Å². The molecule has 1 fully saturated rings. The van der Waals surface area contributed by atoms with Crippen LogP contribution >= 0.6 is 0 Å². The Morgan fingerprint density at radius 2 is 1.73 bits per heavy atom. The number of amides is 1. The van der Waals surface area contributed by atoms with Crippen molar-refractivity contribution in [3.63, 3.8) is 0 Å². The molecule has 0 saturated carbocycles. The lowest BCUT2D eigenvalue weighted by Crippen LogP contribution is -2.35. The third-order valence-electron chi connectivity index (χ3n) is 6.20. The van der Waals surface area contributed by atoms with Crippen LogP contribution in [0.4, 0.5) is 0 Å². The summed E-state index contributed by atoms with van der Waals surface area (Å²) in [5.74, 6) is 5.22. The van der Waals surface area contributed by atoms with Crippen molar-refractivity contribution >= 4 is 5.91 Å². The molecule has 4 rings (SSSR count). The molecule has 190 valence electrons. The van der Waals surface area contributed by atoms with Gasteiger partial charge in [-0.2, -0.15) is 0 Å². The van der Waals surface area contributed by atoms with Crippen LogP contribution in [0.3, 0.4) is 0 Å². The number of aromatic nitrogens is 2. The van der Waals surface area contributed by atoms with E-state index >= 15 is 0 Å². The van der Waals surface area contributed by atoms with Crippen molar-refractivity contribution < 1.29 is 14.6 Å². The Bertz CT molecular complexity index is 1330. The van der Waals surface area contributed by atoms with Crippen LogP contribution in [0.1, 0.15) is 33.9 Å². The fourth-order valence-corrected chi connectivity index (χ4v) is 4.13. The average Bonchev–Trinajstić information content (AvgIpc) is 2.93. The Morgan fingerprint density at radius 3 is 2.35 bits per heavy atom. The van der Waals surface area contributed by atoms with Gasteiger partial charge in [0.25, 0.3) is 5.56 Å². The molecular formula is C29H30N4O4. The Balaban J connectivity index is 1.41. The molecule has 2 aromatic carbocycles. The zero-order valence-corrected chi connectivity index (χ0v) is 20.6. The molecule has 1 aromatic heterocycles. The molecule has 1 unspecified atom stereocenters. The number of carbonyl (C=O) groups excluding carboxylic acids is 1. The fraction of sp³-hybridized carbons (Fsp3) is 0.276. The van der Waals surface area contributed by atoms with Gasteiger partial charge in [-0.25, -0.2) is 4.98 Å². The maximum absolute atomic E-state index is 11.9. The minimum Gasteiger partial charge on any atom is -0.502 e. The number of ether oxygens (including phenoxy) is 1. The van der Waals surface area contributed by atoms with E-state index in [1.54, 1.807) is 0 Å². The van der Waals surface area contributed by atoms with Crippen LogP contribution in [0.15, 0.2) is 72.3 Å². The molecule has 0 aliphatic carbocycles. The summed E-state index contributed by atoms with van der Waals surface area (Å²) in [4.78, 5) is 32.4. The van der Waals surface area contributed by atoms with Crippen molar-refractivity contribution in [2.24, 2.45) is 0 Å². The van der Waals surface area contributed by atoms with Gasteiger partial charge in [0.1, 0.15) is 0 Å². The molecule has 0 bridgehead atoms. The molecule has 8 nitrogen and oxygen atoms in total. The van der Waals surface area contributed by atoms with Crippen molar-refractivity contribution in [1.29, 1.82) is 0 Å². The Morgan fingerprint density at radius 1 is 1.11 bits per heavy atom. The lowest BCUT2D eigenvalue weighted by atomic mass is 9.94. The molecule has 37 heavy (non-hydrogen) atoms. The first kappa shape index (κ1) is 25.9. The normalized spacial score (nSPS) is 14.3. The molecule has 1 aliphatic heterocycles. The number of nitrogens with one attached hydrogen (secondary N) is 2. The summed E-state index contributed by atoms with van der Waals surface area (Å²) in [5.41, 5.74) is 3.64. The third kappa shape index (κ3) is 7.40. The van der Waals surface area contributed by atoms with Crippen molar-refractivity contribution in [2.75, 3.05) is 32.8 Å². The molecule has 1 atom stereocenters. The highest BCUT2D eigenvalue weighted by Crippen LogP contribution is 2.23. The number of nitrogens with zero attached hydrogens (tertiary/aromatic N) is 2. The van der Waals surface area contributed by atoms with E-state index in [1.807, 2.05) is 36.4 Å². The monoisotopic (exact) mass is 498 g/mol. The Labute approximate surface area is 216 Å². The number of aromatic amines is 1. The van der Waals surface area contributed by atoms with E-state index in [2.05, 4.69) is 50.7 Å². The fourth-order valence-electron chi connectivity index (χ4n) is 4.13. The summed E-state index contributed by atoms with van der Waals surface area (Å²) in [6.45, 7) is 8.07. The Hall–Kier alpha value is -4.19. The number of hydrogen-bond acceptors (Lipinski definition) is 6. The summed E-state index contributed by atoms with van der Waals surface area (Å²) in [6.07, 6.45) is 2.88. The van der Waals surface area contributed by atoms with E-state index in [0.717, 1.165) is 49.5 Å². The molecule has 2 heterocycles. The SMILES string of the molecule is C=CC(=O)NCC(Cc1ccc(C#Cc2ccc(CN3CCOCC3)cc2)cc1)c1nc[nH]c(=O)c1O. The van der Waals surface area contributed by atoms with Crippen molar-refractivity contribution in [1.82, 2.24) is 20.2 Å². The summed E-state index contributed by atoms with van der Waals surface area (Å²) in [5, 5.41) is 12.9. The second-order valence-corrected chi connectivity index (χ2v) is 8.85. The zero-order valence-electron chi connectivity index (χ0n) is 20.6. The first-order chi connectivity index (χ1) is 18.0. The molecule has 1 saturated heterocycles. The van der Waals surface area contributed by atoms with Gasteiger partial charge in [-0.05, 0) is 47.9 Å². The highest BCUT2D eigenvalue weighted by Gasteiger charge is 2.20. The molecule has 8 heteroatoms. The van der Waals surface area contributed by atoms with Gasteiger partial charge < -0.3 is 20.1 Å². The highest BCUT2D eigenvalue weighted by molar-refractivity contribution is 5.86. The predicted molar refractivity (Wildman–Crippen MR) is 141 cm³/mol. The van der Waals surface area contributed by atoms with Gasteiger partial charge in [-0.15, -0.1) is 0 Å². The number of H-pyrrole nitrogens is 1. The molecule has 3 N–H and O–H groups in total. The predicted octanol–water partition coefficient (Wildman–Crippen LogP) is 2.34. The van der Waals surface area contributed by atoms with E-state index in [4.69, 9.17) is 4.74 Å². The topological polar surface area (TPSA) is 108 Å². The van der Waals surface area contributed by atoms with Crippen LogP contribution in [-0.2, 0) is 22.5 Å². The molecule has 1 aliphatic rings. The van der Waals surface area contributed by atoms with Gasteiger partial charge in [0.05, 0.1) is 25.2 Å². The second-order valence-electron chi connectivity index (χ2n) is 8.85. The van der Waals surface area contributed by atoms with Gasteiger partial charge in [-0.1, -0.05) is 42.7 Å². The van der Waals surface area contributed by atoms with Crippen LogP contribution < -0.4 is 10.9 Å². The molecule has 1 amide bonds. The van der Waals surface area contributed by atoms with Crippen molar-refractivity contribution in [3.05, 3.63) is 106 Å². The first-order valence-electron chi connectivity index (χ1n) is 12.2. The first-order valence-corrected chi connectivity index (χ1v) is 12.2. The van der Waals surface area contributed by atoms with E-state index in [-0.39, 0.29) is 18.1 Å². The average molecular weight is 499 g/mol. The van der Waals surface area contributed by atoms with Crippen LogP contribution in [0.25, 0.3) is 0 Å². The third-order valence-corrected chi connectivity index (χ3v) is 6.20. The number of rotatable bonds is 8. The standard InChI is InChI=1S/C29H30N4O4/c1-2-26(34)30-18-25(27-28(35)29(36)32-20-31-27)17-23-9-5-21(6-10-23)3-4-22-7-11-24(12-8-22)19-33-13-15-37-16-14-33/h2,5-12,20,25,35H,1,13-19H2,(H,30,34)(H,31,32,36). The van der Waals surface area contributed by atoms with Crippen LogP contribution in [0.5, 0.6) is 5.75 Å². The lowest BCUT2D eigenvalue weighted by Gasteiger charge is -2.26. The number of morpholine rings is 1. The molecule has 0 radical (unpaired) electrons. The highest BCUT2D eigenvalue weighted by atomic mass is 16.5. The quantitative estimate of drug-likeness (QED) is 0.325. The van der Waals surface area contributed by atoms with Crippen LogP contribution in [0.2, 0.25) is 0 Å². The molecule has 0 spiro atoms. The van der Waals surface area contributed by atoms with Gasteiger partial charge in [-0.3, -0.25) is 14.5 Å². The van der Waals surface area contributed by atoms with E-state index < -0.39 is 17.2 Å². The number of benzene rings is 2.